The molecule has 112 valence electrons. The minimum atomic E-state index is 0.106. The van der Waals surface area contributed by atoms with Crippen molar-refractivity contribution in [2.75, 3.05) is 17.5 Å². The van der Waals surface area contributed by atoms with Crippen molar-refractivity contribution >= 4 is 34.4 Å². The van der Waals surface area contributed by atoms with Gasteiger partial charge in [0, 0.05) is 30.4 Å². The molecule has 0 aliphatic rings. The lowest BCUT2D eigenvalue weighted by molar-refractivity contribution is -0.121. The Bertz CT molecular complexity index is 248. The van der Waals surface area contributed by atoms with E-state index in [9.17, 15) is 9.59 Å². The third kappa shape index (κ3) is 13.9. The van der Waals surface area contributed by atoms with Crippen LogP contribution in [0.3, 0.4) is 0 Å². The van der Waals surface area contributed by atoms with E-state index in [1.54, 1.807) is 0 Å². The number of alkyl halides is 1. The molecule has 0 aromatic rings. The number of amides is 2. The van der Waals surface area contributed by atoms with Gasteiger partial charge in [-0.05, 0) is 19.3 Å². The fourth-order valence-electron chi connectivity index (χ4n) is 1.68. The zero-order valence-electron chi connectivity index (χ0n) is 12.0. The Morgan fingerprint density at radius 2 is 1.42 bits per heavy atom. The quantitative estimate of drug-likeness (QED) is 0.310. The van der Waals surface area contributed by atoms with Gasteiger partial charge in [0.15, 0.2) is 0 Å². The highest BCUT2D eigenvalue weighted by atomic mass is 127. The molecule has 19 heavy (non-hydrogen) atoms. The third-order valence-electron chi connectivity index (χ3n) is 2.83. The summed E-state index contributed by atoms with van der Waals surface area (Å²) >= 11 is 2.19. The molecular weight excluding hydrogens is 355 g/mol. The Morgan fingerprint density at radius 1 is 0.842 bits per heavy atom. The van der Waals surface area contributed by atoms with Crippen LogP contribution >= 0.6 is 22.6 Å². The van der Waals surface area contributed by atoms with Crippen LogP contribution in [0.15, 0.2) is 0 Å². The van der Waals surface area contributed by atoms with E-state index in [2.05, 4.69) is 40.1 Å². The van der Waals surface area contributed by atoms with Gasteiger partial charge in [0.2, 0.25) is 11.8 Å². The maximum absolute atomic E-state index is 11.5. The number of nitrogens with one attached hydrogen (secondary N) is 2. The summed E-state index contributed by atoms with van der Waals surface area (Å²) in [4.78, 5) is 22.6. The summed E-state index contributed by atoms with van der Waals surface area (Å²) in [7, 11) is 0. The molecule has 0 aliphatic heterocycles. The second-order valence-electron chi connectivity index (χ2n) is 4.66. The van der Waals surface area contributed by atoms with Crippen LogP contribution in [0.5, 0.6) is 0 Å². The normalized spacial score (nSPS) is 10.2. The predicted octanol–water partition coefficient (Wildman–Crippen LogP) is 2.79. The van der Waals surface area contributed by atoms with Crippen LogP contribution in [0, 0.1) is 0 Å². The minimum absolute atomic E-state index is 0.106. The van der Waals surface area contributed by atoms with Gasteiger partial charge in [0.1, 0.15) is 0 Å². The SMILES string of the molecule is CCCCCCNC(=O)CCCCNC(=O)CCI. The van der Waals surface area contributed by atoms with Crippen molar-refractivity contribution in [1.82, 2.24) is 10.6 Å². The van der Waals surface area contributed by atoms with Gasteiger partial charge in [0.25, 0.3) is 0 Å². The molecule has 0 fully saturated rings. The molecule has 0 radical (unpaired) electrons. The van der Waals surface area contributed by atoms with Crippen LogP contribution in [-0.4, -0.2) is 29.3 Å². The van der Waals surface area contributed by atoms with Gasteiger partial charge in [-0.1, -0.05) is 48.8 Å². The lowest BCUT2D eigenvalue weighted by Gasteiger charge is -2.06. The summed E-state index contributed by atoms with van der Waals surface area (Å²) in [6.45, 7) is 3.65. The number of carbonyl (C=O) groups is 2. The van der Waals surface area contributed by atoms with Gasteiger partial charge < -0.3 is 10.6 Å². The molecule has 5 heteroatoms. The van der Waals surface area contributed by atoms with Crippen molar-refractivity contribution < 1.29 is 9.59 Å². The molecule has 0 saturated heterocycles. The van der Waals surface area contributed by atoms with Crippen molar-refractivity contribution in [2.24, 2.45) is 0 Å². The van der Waals surface area contributed by atoms with E-state index < -0.39 is 0 Å². The highest BCUT2D eigenvalue weighted by Crippen LogP contribution is 1.98. The Kier molecular flexibility index (Phi) is 13.8. The van der Waals surface area contributed by atoms with Gasteiger partial charge in [-0.3, -0.25) is 9.59 Å². The molecule has 0 bridgehead atoms. The average molecular weight is 382 g/mol. The van der Waals surface area contributed by atoms with Crippen LogP contribution in [0.1, 0.15) is 58.3 Å². The van der Waals surface area contributed by atoms with Crippen molar-refractivity contribution in [2.45, 2.75) is 58.3 Å². The predicted molar refractivity (Wildman–Crippen MR) is 87.5 cm³/mol. The molecule has 0 aromatic heterocycles. The second-order valence-corrected chi connectivity index (χ2v) is 5.74. The summed E-state index contributed by atoms with van der Waals surface area (Å²) in [6, 6.07) is 0. The summed E-state index contributed by atoms with van der Waals surface area (Å²) in [6.07, 6.45) is 7.59. The second kappa shape index (κ2) is 14.1. The Labute approximate surface area is 130 Å². The van der Waals surface area contributed by atoms with Crippen LogP contribution in [-0.2, 0) is 9.59 Å². The monoisotopic (exact) mass is 382 g/mol. The average Bonchev–Trinajstić information content (AvgIpc) is 2.38. The first kappa shape index (κ1) is 18.7. The number of unbranched alkanes of at least 4 members (excludes halogenated alkanes) is 4. The Balaban J connectivity index is 3.27. The topological polar surface area (TPSA) is 58.2 Å². The third-order valence-corrected chi connectivity index (χ3v) is 3.37. The van der Waals surface area contributed by atoms with Crippen LogP contribution < -0.4 is 10.6 Å². The van der Waals surface area contributed by atoms with Crippen molar-refractivity contribution in [3.05, 3.63) is 0 Å². The number of rotatable bonds is 12. The number of hydrogen-bond acceptors (Lipinski definition) is 2. The number of hydrogen-bond donors (Lipinski definition) is 2. The first-order chi connectivity index (χ1) is 9.20. The highest BCUT2D eigenvalue weighted by Gasteiger charge is 2.01. The molecule has 4 nitrogen and oxygen atoms in total. The van der Waals surface area contributed by atoms with Gasteiger partial charge in [-0.25, -0.2) is 0 Å². The van der Waals surface area contributed by atoms with Gasteiger partial charge >= 0.3 is 0 Å². The molecule has 0 aliphatic carbocycles. The summed E-state index contributed by atoms with van der Waals surface area (Å²) < 4.78 is 0.851. The smallest absolute Gasteiger partial charge is 0.220 e. The molecule has 0 saturated carbocycles. The van der Waals surface area contributed by atoms with Crippen LogP contribution in [0.4, 0.5) is 0 Å². The fraction of sp³-hybridized carbons (Fsp3) is 0.857. The molecule has 2 N–H and O–H groups in total. The first-order valence-corrected chi connectivity index (χ1v) is 8.82. The van der Waals surface area contributed by atoms with E-state index in [-0.39, 0.29) is 11.8 Å². The molecule has 0 atom stereocenters. The maximum atomic E-state index is 11.5. The lowest BCUT2D eigenvalue weighted by atomic mass is 10.2. The standard InChI is InChI=1S/C14H27IN2O2/c1-2-3-4-6-11-16-13(18)8-5-7-12-17-14(19)9-10-15/h2-12H2,1H3,(H,16,18)(H,17,19). The number of halogens is 1. The van der Waals surface area contributed by atoms with Crippen LogP contribution in [0.2, 0.25) is 0 Å². The molecule has 2 amide bonds. The van der Waals surface area contributed by atoms with Gasteiger partial charge in [0.05, 0.1) is 0 Å². The molecule has 0 unspecified atom stereocenters. The lowest BCUT2D eigenvalue weighted by Crippen LogP contribution is -2.26. The minimum Gasteiger partial charge on any atom is -0.356 e. The van der Waals surface area contributed by atoms with E-state index >= 15 is 0 Å². The zero-order valence-corrected chi connectivity index (χ0v) is 14.1. The van der Waals surface area contributed by atoms with Gasteiger partial charge in [-0.15, -0.1) is 0 Å². The van der Waals surface area contributed by atoms with E-state index in [4.69, 9.17) is 0 Å². The van der Waals surface area contributed by atoms with Crippen LogP contribution in [0.25, 0.3) is 0 Å². The number of carbonyl (C=O) groups excluding carboxylic acids is 2. The molecular formula is C14H27IN2O2. The molecule has 0 aromatic carbocycles. The van der Waals surface area contributed by atoms with Gasteiger partial charge in [-0.2, -0.15) is 0 Å². The van der Waals surface area contributed by atoms with E-state index in [0.717, 1.165) is 30.2 Å². The maximum Gasteiger partial charge on any atom is 0.220 e. The fourth-order valence-corrected chi connectivity index (χ4v) is 2.17. The van der Waals surface area contributed by atoms with E-state index in [0.29, 0.717) is 19.4 Å². The van der Waals surface area contributed by atoms with E-state index in [1.807, 2.05) is 0 Å². The largest absolute Gasteiger partial charge is 0.356 e. The summed E-state index contributed by atoms with van der Waals surface area (Å²) in [5.41, 5.74) is 0. The van der Waals surface area contributed by atoms with Crippen molar-refractivity contribution in [3.63, 3.8) is 0 Å². The van der Waals surface area contributed by atoms with Crippen molar-refractivity contribution in [3.8, 4) is 0 Å². The van der Waals surface area contributed by atoms with E-state index in [1.165, 1.54) is 19.3 Å². The summed E-state index contributed by atoms with van der Waals surface area (Å²) in [5, 5.41) is 5.78. The molecule has 0 heterocycles. The Hall–Kier alpha value is -0.330. The highest BCUT2D eigenvalue weighted by molar-refractivity contribution is 14.1. The van der Waals surface area contributed by atoms with Crippen molar-refractivity contribution in [1.29, 1.82) is 0 Å². The molecule has 0 spiro atoms. The first-order valence-electron chi connectivity index (χ1n) is 7.30. The summed E-state index contributed by atoms with van der Waals surface area (Å²) in [5.74, 6) is 0.241. The Morgan fingerprint density at radius 3 is 2.00 bits per heavy atom. The zero-order chi connectivity index (χ0) is 14.3. The molecule has 0 rings (SSSR count).